The second kappa shape index (κ2) is 13.0. The van der Waals surface area contributed by atoms with Crippen molar-refractivity contribution < 1.29 is 33.2 Å². The van der Waals surface area contributed by atoms with Gasteiger partial charge in [0.2, 0.25) is 5.91 Å². The molecule has 4 amide bonds. The van der Waals surface area contributed by atoms with E-state index in [0.29, 0.717) is 18.9 Å². The van der Waals surface area contributed by atoms with Crippen LogP contribution in [0.2, 0.25) is 0 Å². The van der Waals surface area contributed by atoms with Crippen molar-refractivity contribution in [1.82, 2.24) is 30.0 Å². The zero-order valence-corrected chi connectivity index (χ0v) is 29.4. The summed E-state index contributed by atoms with van der Waals surface area (Å²) in [6, 6.07) is 12.1. The number of aromatic amines is 1. The molecule has 6 rings (SSSR count). The van der Waals surface area contributed by atoms with Crippen LogP contribution >= 0.6 is 0 Å². The molecule has 2 aromatic carbocycles. The highest BCUT2D eigenvalue weighted by Gasteiger charge is 2.51. The summed E-state index contributed by atoms with van der Waals surface area (Å²) in [7, 11) is 2.40. The number of H-pyrrole nitrogens is 1. The van der Waals surface area contributed by atoms with E-state index in [2.05, 4.69) is 10.3 Å². The number of imidazole rings is 1. The molecule has 0 radical (unpaired) electrons. The first-order valence-electron chi connectivity index (χ1n) is 16.6. The lowest BCUT2D eigenvalue weighted by Gasteiger charge is -2.32. The summed E-state index contributed by atoms with van der Waals surface area (Å²) in [5, 5.41) is 2.68. The molecule has 2 atom stereocenters. The average Bonchev–Trinajstić information content (AvgIpc) is 3.86. The molecule has 2 fully saturated rings. The molecule has 0 saturated carbocycles. The van der Waals surface area contributed by atoms with Gasteiger partial charge in [-0.05, 0) is 67.9 Å². The summed E-state index contributed by atoms with van der Waals surface area (Å²) in [5.41, 5.74) is 3.75. The van der Waals surface area contributed by atoms with E-state index in [1.807, 2.05) is 84.0 Å². The number of rotatable bonds is 7. The third-order valence-corrected chi connectivity index (χ3v) is 10.1. The number of hydrogen-bond donors (Lipinski definition) is 2. The first-order chi connectivity index (χ1) is 23.2. The van der Waals surface area contributed by atoms with Crippen molar-refractivity contribution in [2.24, 2.45) is 5.92 Å². The topological polar surface area (TPSA) is 139 Å². The number of hydrogen-bond acceptors (Lipinski definition) is 8. The molecular formula is C35H45BN6O7. The molecule has 3 aliphatic heterocycles. The molecule has 2 saturated heterocycles. The number of carbonyl (C=O) groups is 3. The van der Waals surface area contributed by atoms with Crippen LogP contribution in [0.25, 0.3) is 11.3 Å². The van der Waals surface area contributed by atoms with Gasteiger partial charge in [0.05, 0.1) is 50.5 Å². The Morgan fingerprint density at radius 3 is 2.29 bits per heavy atom. The first kappa shape index (κ1) is 34.3. The predicted octanol–water partition coefficient (Wildman–Crippen LogP) is 4.04. The molecule has 260 valence electrons. The standard InChI is InChI=1S/C35H45BN6O7/c1-21(2)29(39-32(44)47-8)31(43)42-20-41(33(45)40-17-23-11-14-26(46-7)15-24(23)18-40)19-28(42)30-37-16-27(38-30)22-9-12-25(13-10-22)36-48-34(3,4)35(5,6)49-36/h9-16,21,28-29H,17-20H2,1-8H3,(H,37,38)(H,39,44)/t28-,29-/m0/s1. The Hall–Kier alpha value is -4.56. The largest absolute Gasteiger partial charge is 0.497 e. The maximum absolute atomic E-state index is 14.1. The molecule has 49 heavy (non-hydrogen) atoms. The minimum Gasteiger partial charge on any atom is -0.497 e. The van der Waals surface area contributed by atoms with Crippen LogP contribution in [0.4, 0.5) is 9.59 Å². The number of methoxy groups -OCH3 is 2. The van der Waals surface area contributed by atoms with Gasteiger partial charge in [0.1, 0.15) is 23.7 Å². The zero-order valence-electron chi connectivity index (χ0n) is 29.4. The molecular weight excluding hydrogens is 627 g/mol. The van der Waals surface area contributed by atoms with Gasteiger partial charge in [-0.3, -0.25) is 4.79 Å². The maximum Gasteiger partial charge on any atom is 0.494 e. The molecule has 2 N–H and O–H groups in total. The fourth-order valence-electron chi connectivity index (χ4n) is 6.41. The van der Waals surface area contributed by atoms with Gasteiger partial charge in [-0.15, -0.1) is 0 Å². The van der Waals surface area contributed by atoms with Crippen molar-refractivity contribution in [1.29, 1.82) is 0 Å². The lowest BCUT2D eigenvalue weighted by atomic mass is 9.79. The smallest absolute Gasteiger partial charge is 0.494 e. The average molecular weight is 673 g/mol. The second-order valence-electron chi connectivity index (χ2n) is 14.2. The highest BCUT2D eigenvalue weighted by Crippen LogP contribution is 2.37. The fourth-order valence-corrected chi connectivity index (χ4v) is 6.41. The Morgan fingerprint density at radius 2 is 1.65 bits per heavy atom. The SMILES string of the molecule is COC(=O)N[C@H](C(=O)N1CN(C(=O)N2Cc3ccc(OC)cc3C2)C[C@H]1c1ncc(-c2ccc(B3OC(C)(C)C(C)(C)O3)cc2)[nH]1)C(C)C. The van der Waals surface area contributed by atoms with Crippen LogP contribution in [-0.4, -0.2) is 94.5 Å². The monoisotopic (exact) mass is 672 g/mol. The Morgan fingerprint density at radius 1 is 0.980 bits per heavy atom. The minimum absolute atomic E-state index is 0.0311. The van der Waals surface area contributed by atoms with Gasteiger partial charge in [-0.25, -0.2) is 14.6 Å². The van der Waals surface area contributed by atoms with Crippen LogP contribution < -0.4 is 15.5 Å². The van der Waals surface area contributed by atoms with Crippen LogP contribution in [0.3, 0.4) is 0 Å². The highest BCUT2D eigenvalue weighted by atomic mass is 16.7. The number of benzene rings is 2. The first-order valence-corrected chi connectivity index (χ1v) is 16.6. The Balaban J connectivity index is 1.24. The summed E-state index contributed by atoms with van der Waals surface area (Å²) < 4.78 is 22.6. The van der Waals surface area contributed by atoms with Gasteiger partial charge in [0.15, 0.2) is 0 Å². The number of nitrogens with one attached hydrogen (secondary N) is 2. The normalized spacial score (nSPS) is 20.1. The lowest BCUT2D eigenvalue weighted by Crippen LogP contribution is -2.52. The lowest BCUT2D eigenvalue weighted by molar-refractivity contribution is -0.135. The van der Waals surface area contributed by atoms with Gasteiger partial charge in [-0.1, -0.05) is 44.2 Å². The molecule has 13 nitrogen and oxygen atoms in total. The minimum atomic E-state index is -0.870. The molecule has 0 bridgehead atoms. The number of carbonyl (C=O) groups excluding carboxylic acids is 3. The van der Waals surface area contributed by atoms with E-state index in [1.165, 1.54) is 7.11 Å². The number of urea groups is 1. The van der Waals surface area contributed by atoms with E-state index in [4.69, 9.17) is 23.8 Å². The van der Waals surface area contributed by atoms with Crippen LogP contribution in [-0.2, 0) is 31.9 Å². The quantitative estimate of drug-likeness (QED) is 0.359. The van der Waals surface area contributed by atoms with E-state index in [1.54, 1.807) is 28.0 Å². The van der Waals surface area contributed by atoms with Crippen LogP contribution in [0, 0.1) is 5.92 Å². The van der Waals surface area contributed by atoms with E-state index in [0.717, 1.165) is 33.6 Å². The van der Waals surface area contributed by atoms with Crippen molar-refractivity contribution in [3.05, 3.63) is 65.6 Å². The molecule has 3 aromatic rings. The van der Waals surface area contributed by atoms with Crippen LogP contribution in [0.5, 0.6) is 5.75 Å². The third-order valence-electron chi connectivity index (χ3n) is 10.1. The molecule has 14 heteroatoms. The number of alkyl carbamates (subject to hydrolysis) is 1. The van der Waals surface area contributed by atoms with Gasteiger partial charge < -0.3 is 43.8 Å². The summed E-state index contributed by atoms with van der Waals surface area (Å²) in [4.78, 5) is 53.4. The van der Waals surface area contributed by atoms with E-state index in [9.17, 15) is 14.4 Å². The van der Waals surface area contributed by atoms with Crippen molar-refractivity contribution in [2.45, 2.75) is 77.9 Å². The summed E-state index contributed by atoms with van der Waals surface area (Å²) in [6.07, 6.45) is 1.02. The van der Waals surface area contributed by atoms with E-state index in [-0.39, 0.29) is 31.1 Å². The predicted molar refractivity (Wildman–Crippen MR) is 183 cm³/mol. The number of amides is 4. The van der Waals surface area contributed by atoms with E-state index < -0.39 is 36.5 Å². The molecule has 3 aliphatic rings. The zero-order chi connectivity index (χ0) is 35.2. The van der Waals surface area contributed by atoms with Crippen LogP contribution in [0.1, 0.15) is 64.5 Å². The Labute approximate surface area is 287 Å². The molecule has 1 aromatic heterocycles. The second-order valence-corrected chi connectivity index (χ2v) is 14.2. The molecule has 0 spiro atoms. The Bertz CT molecular complexity index is 1710. The number of aromatic nitrogens is 2. The van der Waals surface area contributed by atoms with Gasteiger partial charge in [-0.2, -0.15) is 0 Å². The van der Waals surface area contributed by atoms with Crippen molar-refractivity contribution in [2.75, 3.05) is 27.4 Å². The number of fused-ring (bicyclic) bond motifs is 1. The number of nitrogens with zero attached hydrogens (tertiary/aromatic N) is 4. The van der Waals surface area contributed by atoms with Gasteiger partial charge in [0.25, 0.3) is 0 Å². The Kier molecular flexibility index (Phi) is 9.14. The van der Waals surface area contributed by atoms with Crippen molar-refractivity contribution >= 4 is 30.6 Å². The summed E-state index contributed by atoms with van der Waals surface area (Å²) in [5.74, 6) is 0.693. The molecule has 4 heterocycles. The van der Waals surface area contributed by atoms with Crippen LogP contribution in [0.15, 0.2) is 48.7 Å². The maximum atomic E-state index is 14.1. The number of ether oxygens (including phenoxy) is 2. The fraction of sp³-hybridized carbons (Fsp3) is 0.486. The molecule has 0 aliphatic carbocycles. The summed E-state index contributed by atoms with van der Waals surface area (Å²) >= 11 is 0. The van der Waals surface area contributed by atoms with Crippen molar-refractivity contribution in [3.8, 4) is 17.0 Å². The third kappa shape index (κ3) is 6.59. The van der Waals surface area contributed by atoms with Crippen molar-refractivity contribution in [3.63, 3.8) is 0 Å². The molecule has 0 unspecified atom stereocenters. The van der Waals surface area contributed by atoms with E-state index >= 15 is 0 Å². The highest BCUT2D eigenvalue weighted by molar-refractivity contribution is 6.62. The van der Waals surface area contributed by atoms with Gasteiger partial charge in [0, 0.05) is 13.1 Å². The summed E-state index contributed by atoms with van der Waals surface area (Å²) in [6.45, 7) is 12.9. The van der Waals surface area contributed by atoms with Gasteiger partial charge >= 0.3 is 19.2 Å².